The van der Waals surface area contributed by atoms with Crippen molar-refractivity contribution in [2.45, 2.75) is 25.0 Å². The second-order valence-corrected chi connectivity index (χ2v) is 6.00. The van der Waals surface area contributed by atoms with Gasteiger partial charge in [-0.05, 0) is 56.1 Å². The van der Waals surface area contributed by atoms with Crippen LogP contribution in [0.5, 0.6) is 0 Å². The van der Waals surface area contributed by atoms with Crippen LogP contribution in [0.15, 0.2) is 28.7 Å². The molecule has 0 aromatic heterocycles. The van der Waals surface area contributed by atoms with Gasteiger partial charge in [0.2, 0.25) is 0 Å². The smallest absolute Gasteiger partial charge is 0.0983 e. The minimum absolute atomic E-state index is 0.0288. The first-order valence-electron chi connectivity index (χ1n) is 6.43. The fourth-order valence-electron chi connectivity index (χ4n) is 2.88. The van der Waals surface area contributed by atoms with Gasteiger partial charge in [0.15, 0.2) is 0 Å². The zero-order valence-electron chi connectivity index (χ0n) is 10.1. The number of aliphatic hydroxyl groups is 1. The summed E-state index contributed by atoms with van der Waals surface area (Å²) >= 11 is 3.41. The molecule has 0 amide bonds. The molecule has 0 aliphatic carbocycles. The van der Waals surface area contributed by atoms with Crippen LogP contribution in [0.1, 0.15) is 18.4 Å². The molecule has 2 unspecified atom stereocenters. The van der Waals surface area contributed by atoms with Crippen LogP contribution in [-0.2, 0) is 0 Å². The summed E-state index contributed by atoms with van der Waals surface area (Å²) in [6, 6.07) is 8.02. The molecule has 94 valence electrons. The van der Waals surface area contributed by atoms with Gasteiger partial charge in [0.25, 0.3) is 0 Å². The first-order chi connectivity index (χ1) is 8.74. The van der Waals surface area contributed by atoms with Gasteiger partial charge in [-0.1, -0.05) is 27.8 Å². The lowest BCUT2D eigenvalue weighted by Crippen LogP contribution is -2.57. The Kier molecular flexibility index (Phi) is 3.43. The Morgan fingerprint density at radius 2 is 1.83 bits per heavy atom. The molecule has 3 heteroatoms. The largest absolute Gasteiger partial charge is 0.390 e. The van der Waals surface area contributed by atoms with E-state index in [1.807, 2.05) is 24.3 Å². The SMILES string of the molecule is OC1C2CCN(CC2)C1C#Cc1ccc(Br)cc1. The Morgan fingerprint density at radius 1 is 1.17 bits per heavy atom. The molecule has 3 fully saturated rings. The molecule has 18 heavy (non-hydrogen) atoms. The van der Waals surface area contributed by atoms with Crippen LogP contribution in [-0.4, -0.2) is 35.2 Å². The number of hydrogen-bond donors (Lipinski definition) is 1. The average Bonchev–Trinajstić information content (AvgIpc) is 2.41. The van der Waals surface area contributed by atoms with Crippen molar-refractivity contribution in [2.75, 3.05) is 13.1 Å². The maximum atomic E-state index is 10.2. The highest BCUT2D eigenvalue weighted by atomic mass is 79.9. The van der Waals surface area contributed by atoms with E-state index in [2.05, 4.69) is 32.7 Å². The number of rotatable bonds is 0. The lowest BCUT2D eigenvalue weighted by molar-refractivity contribution is -0.0500. The first-order valence-corrected chi connectivity index (χ1v) is 7.22. The molecular formula is C15H16BrNO. The molecule has 2 bridgehead atoms. The highest BCUT2D eigenvalue weighted by Crippen LogP contribution is 2.31. The summed E-state index contributed by atoms with van der Waals surface area (Å²) in [6.45, 7) is 2.17. The molecule has 0 radical (unpaired) electrons. The number of hydrogen-bond acceptors (Lipinski definition) is 2. The summed E-state index contributed by atoms with van der Waals surface area (Å²) in [7, 11) is 0. The molecule has 3 aliphatic rings. The van der Waals surface area contributed by atoms with Gasteiger partial charge in [-0.15, -0.1) is 0 Å². The summed E-state index contributed by atoms with van der Waals surface area (Å²) in [5.74, 6) is 6.89. The van der Waals surface area contributed by atoms with Crippen molar-refractivity contribution in [3.8, 4) is 11.8 Å². The summed E-state index contributed by atoms with van der Waals surface area (Å²) in [5.41, 5.74) is 1.01. The maximum Gasteiger partial charge on any atom is 0.0983 e. The Hall–Kier alpha value is -0.820. The van der Waals surface area contributed by atoms with E-state index in [-0.39, 0.29) is 12.1 Å². The third-order valence-electron chi connectivity index (χ3n) is 3.98. The number of aliphatic hydroxyl groups excluding tert-OH is 1. The summed E-state index contributed by atoms with van der Waals surface area (Å²) in [6.07, 6.45) is 1.98. The molecule has 3 saturated heterocycles. The van der Waals surface area contributed by atoms with E-state index in [1.165, 1.54) is 0 Å². The standard InChI is InChI=1S/C15H16BrNO/c16-13-4-1-11(2-5-13)3-6-14-15(18)12-7-9-17(14)10-8-12/h1-2,4-5,12,14-15,18H,7-10H2. The molecule has 3 aliphatic heterocycles. The van der Waals surface area contributed by atoms with E-state index in [0.717, 1.165) is 36.0 Å². The van der Waals surface area contributed by atoms with Gasteiger partial charge in [0.05, 0.1) is 12.1 Å². The van der Waals surface area contributed by atoms with Gasteiger partial charge in [-0.25, -0.2) is 0 Å². The molecule has 0 saturated carbocycles. The normalized spacial score (nSPS) is 33.9. The van der Waals surface area contributed by atoms with Crippen LogP contribution in [0.2, 0.25) is 0 Å². The summed E-state index contributed by atoms with van der Waals surface area (Å²) < 4.78 is 1.06. The van der Waals surface area contributed by atoms with Gasteiger partial charge in [0.1, 0.15) is 0 Å². The number of piperidine rings is 3. The third kappa shape index (κ3) is 2.33. The van der Waals surface area contributed by atoms with Crippen molar-refractivity contribution in [2.24, 2.45) is 5.92 Å². The van der Waals surface area contributed by atoms with Crippen LogP contribution in [0.25, 0.3) is 0 Å². The molecule has 1 N–H and O–H groups in total. The minimum Gasteiger partial charge on any atom is -0.390 e. The van der Waals surface area contributed by atoms with E-state index in [0.29, 0.717) is 5.92 Å². The Morgan fingerprint density at radius 3 is 2.44 bits per heavy atom. The predicted octanol–water partition coefficient (Wildman–Crippen LogP) is 2.26. The van der Waals surface area contributed by atoms with E-state index in [1.54, 1.807) is 0 Å². The minimum atomic E-state index is -0.268. The lowest BCUT2D eigenvalue weighted by Gasteiger charge is -2.46. The van der Waals surface area contributed by atoms with Crippen molar-refractivity contribution in [3.05, 3.63) is 34.3 Å². The monoisotopic (exact) mass is 305 g/mol. The fraction of sp³-hybridized carbons (Fsp3) is 0.467. The van der Waals surface area contributed by atoms with Crippen LogP contribution >= 0.6 is 15.9 Å². The molecule has 1 aromatic carbocycles. The summed E-state index contributed by atoms with van der Waals surface area (Å²) in [5, 5.41) is 10.2. The lowest BCUT2D eigenvalue weighted by atomic mass is 9.81. The fourth-order valence-corrected chi connectivity index (χ4v) is 3.14. The van der Waals surface area contributed by atoms with E-state index in [9.17, 15) is 5.11 Å². The molecule has 0 spiro atoms. The highest BCUT2D eigenvalue weighted by Gasteiger charge is 2.40. The highest BCUT2D eigenvalue weighted by molar-refractivity contribution is 9.10. The number of nitrogens with zero attached hydrogens (tertiary/aromatic N) is 1. The van der Waals surface area contributed by atoms with Crippen LogP contribution in [0.3, 0.4) is 0 Å². The van der Waals surface area contributed by atoms with Crippen molar-refractivity contribution >= 4 is 15.9 Å². The van der Waals surface area contributed by atoms with E-state index < -0.39 is 0 Å². The van der Waals surface area contributed by atoms with Crippen molar-refractivity contribution < 1.29 is 5.11 Å². The van der Waals surface area contributed by atoms with E-state index >= 15 is 0 Å². The molecule has 1 aromatic rings. The average molecular weight is 306 g/mol. The zero-order chi connectivity index (χ0) is 12.5. The zero-order valence-corrected chi connectivity index (χ0v) is 11.7. The second-order valence-electron chi connectivity index (χ2n) is 5.09. The first kappa shape index (κ1) is 12.2. The molecule has 3 heterocycles. The third-order valence-corrected chi connectivity index (χ3v) is 4.51. The number of benzene rings is 1. The van der Waals surface area contributed by atoms with Gasteiger partial charge in [0, 0.05) is 10.0 Å². The molecule has 2 atom stereocenters. The molecule has 4 rings (SSSR count). The van der Waals surface area contributed by atoms with Crippen molar-refractivity contribution in [1.82, 2.24) is 4.90 Å². The Labute approximate surface area is 116 Å². The second kappa shape index (κ2) is 5.05. The summed E-state index contributed by atoms with van der Waals surface area (Å²) in [4.78, 5) is 2.32. The number of fused-ring (bicyclic) bond motifs is 3. The van der Waals surface area contributed by atoms with Crippen molar-refractivity contribution in [3.63, 3.8) is 0 Å². The molecular weight excluding hydrogens is 290 g/mol. The van der Waals surface area contributed by atoms with Crippen LogP contribution < -0.4 is 0 Å². The van der Waals surface area contributed by atoms with Crippen molar-refractivity contribution in [1.29, 1.82) is 0 Å². The topological polar surface area (TPSA) is 23.5 Å². The van der Waals surface area contributed by atoms with Crippen LogP contribution in [0, 0.1) is 17.8 Å². The maximum absolute atomic E-state index is 10.2. The Balaban J connectivity index is 1.78. The molecule has 2 nitrogen and oxygen atoms in total. The van der Waals surface area contributed by atoms with E-state index in [4.69, 9.17) is 0 Å². The predicted molar refractivity (Wildman–Crippen MR) is 75.1 cm³/mol. The van der Waals surface area contributed by atoms with Crippen LogP contribution in [0.4, 0.5) is 0 Å². The van der Waals surface area contributed by atoms with Gasteiger partial charge < -0.3 is 5.11 Å². The van der Waals surface area contributed by atoms with Gasteiger partial charge >= 0.3 is 0 Å². The van der Waals surface area contributed by atoms with Gasteiger partial charge in [-0.3, -0.25) is 4.90 Å². The quantitative estimate of drug-likeness (QED) is 0.743. The number of halogens is 1. The van der Waals surface area contributed by atoms with Gasteiger partial charge in [-0.2, -0.15) is 0 Å². The Bertz CT molecular complexity index is 477.